The Morgan fingerprint density at radius 1 is 1.48 bits per heavy atom. The number of rotatable bonds is 5. The molecule has 5 nitrogen and oxygen atoms in total. The molecule has 1 saturated carbocycles. The second-order valence-electron chi connectivity index (χ2n) is 6.54. The third kappa shape index (κ3) is 3.18. The van der Waals surface area contributed by atoms with E-state index in [0.717, 1.165) is 44.0 Å². The number of hydrogen-bond donors (Lipinski definition) is 2. The van der Waals surface area contributed by atoms with Gasteiger partial charge in [-0.05, 0) is 37.3 Å². The molecule has 0 aromatic carbocycles. The summed E-state index contributed by atoms with van der Waals surface area (Å²) in [6.07, 6.45) is 7.33. The van der Waals surface area contributed by atoms with E-state index in [1.165, 1.54) is 12.8 Å². The Hall–Kier alpha value is -1.62. The number of carboxylic acid groups (broad SMARTS) is 1. The highest BCUT2D eigenvalue weighted by Crippen LogP contribution is 2.45. The largest absolute Gasteiger partial charge is 0.477 e. The average Bonchev–Trinajstić information content (AvgIpc) is 3.31. The van der Waals surface area contributed by atoms with Crippen molar-refractivity contribution in [3.05, 3.63) is 24.0 Å². The SMILES string of the molecule is O=C(O)c1cc(N2CCC[C@](CO)(CC3CC3)C2)ccn1. The van der Waals surface area contributed by atoms with Crippen LogP contribution in [-0.4, -0.2) is 40.9 Å². The molecule has 1 atom stereocenters. The molecule has 3 rings (SSSR count). The normalized spacial score (nSPS) is 25.9. The van der Waals surface area contributed by atoms with Gasteiger partial charge in [0.1, 0.15) is 5.69 Å². The number of anilines is 1. The summed E-state index contributed by atoms with van der Waals surface area (Å²) in [6.45, 7) is 1.94. The summed E-state index contributed by atoms with van der Waals surface area (Å²) in [7, 11) is 0. The smallest absolute Gasteiger partial charge is 0.354 e. The van der Waals surface area contributed by atoms with Crippen LogP contribution in [0.5, 0.6) is 0 Å². The second kappa shape index (κ2) is 5.64. The number of aromatic carboxylic acids is 1. The van der Waals surface area contributed by atoms with Crippen molar-refractivity contribution in [3.8, 4) is 0 Å². The minimum atomic E-state index is -1.000. The van der Waals surface area contributed by atoms with Crippen LogP contribution in [0.25, 0.3) is 0 Å². The zero-order valence-corrected chi connectivity index (χ0v) is 12.2. The maximum atomic E-state index is 11.1. The summed E-state index contributed by atoms with van der Waals surface area (Å²) in [5, 5.41) is 19.0. The van der Waals surface area contributed by atoms with Crippen LogP contribution in [0.4, 0.5) is 5.69 Å². The molecule has 21 heavy (non-hydrogen) atoms. The summed E-state index contributed by atoms with van der Waals surface area (Å²) in [6, 6.07) is 3.49. The molecule has 1 aromatic heterocycles. The third-order valence-corrected chi connectivity index (χ3v) is 4.74. The molecule has 1 saturated heterocycles. The lowest BCUT2D eigenvalue weighted by molar-refractivity contribution is 0.0690. The zero-order chi connectivity index (χ0) is 14.9. The van der Waals surface area contributed by atoms with Gasteiger partial charge in [0.15, 0.2) is 0 Å². The Morgan fingerprint density at radius 2 is 2.29 bits per heavy atom. The van der Waals surface area contributed by atoms with E-state index in [1.807, 2.05) is 6.07 Å². The van der Waals surface area contributed by atoms with Crippen molar-refractivity contribution in [2.45, 2.75) is 32.1 Å². The number of nitrogens with zero attached hydrogens (tertiary/aromatic N) is 2. The standard InChI is InChI=1S/C16H22N2O3/c19-11-16(9-12-2-3-12)5-1-7-18(10-16)13-4-6-17-14(8-13)15(20)21/h4,6,8,12,19H,1-3,5,7,9-11H2,(H,20,21)/t16-/m0/s1. The van der Waals surface area contributed by atoms with Gasteiger partial charge < -0.3 is 15.1 Å². The number of carbonyl (C=O) groups is 1. The van der Waals surface area contributed by atoms with Gasteiger partial charge in [-0.1, -0.05) is 12.8 Å². The van der Waals surface area contributed by atoms with Crippen LogP contribution in [0.2, 0.25) is 0 Å². The lowest BCUT2D eigenvalue weighted by Gasteiger charge is -2.43. The van der Waals surface area contributed by atoms with Crippen molar-refractivity contribution >= 4 is 11.7 Å². The third-order valence-electron chi connectivity index (χ3n) is 4.74. The van der Waals surface area contributed by atoms with Gasteiger partial charge in [0, 0.05) is 30.4 Å². The van der Waals surface area contributed by atoms with Crippen molar-refractivity contribution in [2.24, 2.45) is 11.3 Å². The van der Waals surface area contributed by atoms with Gasteiger partial charge in [-0.25, -0.2) is 9.78 Å². The Labute approximate surface area is 124 Å². The van der Waals surface area contributed by atoms with Gasteiger partial charge in [-0.3, -0.25) is 0 Å². The molecule has 2 aliphatic rings. The topological polar surface area (TPSA) is 73.7 Å². The first-order valence-electron chi connectivity index (χ1n) is 7.67. The van der Waals surface area contributed by atoms with E-state index >= 15 is 0 Å². The Bertz CT molecular complexity index is 530. The zero-order valence-electron chi connectivity index (χ0n) is 12.2. The lowest BCUT2D eigenvalue weighted by Crippen LogP contribution is -2.45. The lowest BCUT2D eigenvalue weighted by atomic mass is 9.76. The molecule has 0 unspecified atom stereocenters. The molecule has 5 heteroatoms. The summed E-state index contributed by atoms with van der Waals surface area (Å²) in [4.78, 5) is 17.1. The number of aromatic nitrogens is 1. The number of carboxylic acids is 1. The molecule has 0 bridgehead atoms. The number of pyridine rings is 1. The molecular weight excluding hydrogens is 268 g/mol. The molecule has 0 spiro atoms. The highest BCUT2D eigenvalue weighted by molar-refractivity contribution is 5.86. The van der Waals surface area contributed by atoms with Crippen LogP contribution in [-0.2, 0) is 0 Å². The van der Waals surface area contributed by atoms with Crippen molar-refractivity contribution in [3.63, 3.8) is 0 Å². The van der Waals surface area contributed by atoms with Crippen LogP contribution >= 0.6 is 0 Å². The van der Waals surface area contributed by atoms with Gasteiger partial charge in [0.05, 0.1) is 6.61 Å². The van der Waals surface area contributed by atoms with E-state index in [9.17, 15) is 9.90 Å². The highest BCUT2D eigenvalue weighted by atomic mass is 16.4. The number of aliphatic hydroxyl groups excluding tert-OH is 1. The summed E-state index contributed by atoms with van der Waals surface area (Å²) in [5.74, 6) is -0.218. The number of hydrogen-bond acceptors (Lipinski definition) is 4. The quantitative estimate of drug-likeness (QED) is 0.869. The molecule has 0 radical (unpaired) electrons. The maximum Gasteiger partial charge on any atom is 0.354 e. The van der Waals surface area contributed by atoms with Gasteiger partial charge in [0.2, 0.25) is 0 Å². The molecule has 1 aromatic rings. The second-order valence-corrected chi connectivity index (χ2v) is 6.54. The maximum absolute atomic E-state index is 11.1. The van der Waals surface area contributed by atoms with Gasteiger partial charge in [-0.15, -0.1) is 0 Å². The fourth-order valence-electron chi connectivity index (χ4n) is 3.46. The minimum absolute atomic E-state index is 0.0218. The van der Waals surface area contributed by atoms with E-state index < -0.39 is 5.97 Å². The molecule has 1 aliphatic heterocycles. The Kier molecular flexibility index (Phi) is 3.85. The van der Waals surface area contributed by atoms with Gasteiger partial charge in [-0.2, -0.15) is 0 Å². The van der Waals surface area contributed by atoms with E-state index in [1.54, 1.807) is 12.3 Å². The Morgan fingerprint density at radius 3 is 2.95 bits per heavy atom. The molecule has 2 fully saturated rings. The fourth-order valence-corrected chi connectivity index (χ4v) is 3.46. The molecular formula is C16H22N2O3. The van der Waals surface area contributed by atoms with Gasteiger partial charge >= 0.3 is 5.97 Å². The predicted molar refractivity (Wildman–Crippen MR) is 79.5 cm³/mol. The van der Waals surface area contributed by atoms with Crippen molar-refractivity contribution in [2.75, 3.05) is 24.6 Å². The van der Waals surface area contributed by atoms with Gasteiger partial charge in [0.25, 0.3) is 0 Å². The monoisotopic (exact) mass is 290 g/mol. The predicted octanol–water partition coefficient (Wildman–Crippen LogP) is 2.16. The van der Waals surface area contributed by atoms with E-state index in [4.69, 9.17) is 5.11 Å². The van der Waals surface area contributed by atoms with Crippen LogP contribution in [0.15, 0.2) is 18.3 Å². The van der Waals surface area contributed by atoms with Crippen LogP contribution in [0.3, 0.4) is 0 Å². The van der Waals surface area contributed by atoms with Crippen LogP contribution in [0, 0.1) is 11.3 Å². The fraction of sp³-hybridized carbons (Fsp3) is 0.625. The first-order chi connectivity index (χ1) is 10.1. The summed E-state index contributed by atoms with van der Waals surface area (Å²) < 4.78 is 0. The Balaban J connectivity index is 1.78. The van der Waals surface area contributed by atoms with Crippen LogP contribution < -0.4 is 4.90 Å². The van der Waals surface area contributed by atoms with E-state index in [-0.39, 0.29) is 17.7 Å². The summed E-state index contributed by atoms with van der Waals surface area (Å²) >= 11 is 0. The first-order valence-corrected chi connectivity index (χ1v) is 7.67. The van der Waals surface area contributed by atoms with Crippen molar-refractivity contribution in [1.29, 1.82) is 0 Å². The summed E-state index contributed by atoms with van der Waals surface area (Å²) in [5.41, 5.74) is 0.956. The highest BCUT2D eigenvalue weighted by Gasteiger charge is 2.40. The van der Waals surface area contributed by atoms with Crippen molar-refractivity contribution in [1.82, 2.24) is 4.98 Å². The molecule has 1 aliphatic carbocycles. The first kappa shape index (κ1) is 14.3. The molecule has 2 N–H and O–H groups in total. The van der Waals surface area contributed by atoms with E-state index in [0.29, 0.717) is 0 Å². The van der Waals surface area contributed by atoms with Crippen molar-refractivity contribution < 1.29 is 15.0 Å². The minimum Gasteiger partial charge on any atom is -0.477 e. The van der Waals surface area contributed by atoms with E-state index in [2.05, 4.69) is 9.88 Å². The van der Waals surface area contributed by atoms with Crippen LogP contribution in [0.1, 0.15) is 42.6 Å². The number of piperidine rings is 1. The molecule has 0 amide bonds. The molecule has 114 valence electrons. The molecule has 2 heterocycles. The number of aliphatic hydroxyl groups is 1. The average molecular weight is 290 g/mol.